The van der Waals surface area contributed by atoms with E-state index in [1.165, 1.54) is 6.42 Å². The fourth-order valence-corrected chi connectivity index (χ4v) is 0.656. The summed E-state index contributed by atoms with van der Waals surface area (Å²) >= 11 is 0. The molecule has 0 heterocycles. The van der Waals surface area contributed by atoms with Gasteiger partial charge in [-0.2, -0.15) is 0 Å². The standard InChI is InChI=1S/C10H19N/c1-4-5-6-7-8-11-9-10(2)3/h6-8,10H,4-5,9H2,1-3H3/b7-6+,11-8?. The molecule has 64 valence electrons. The van der Waals surface area contributed by atoms with Crippen molar-refractivity contribution >= 4 is 6.21 Å². The second kappa shape index (κ2) is 7.52. The summed E-state index contributed by atoms with van der Waals surface area (Å²) in [4.78, 5) is 4.23. The zero-order valence-electron chi connectivity index (χ0n) is 7.88. The smallest absolute Gasteiger partial charge is 0.0412 e. The van der Waals surface area contributed by atoms with E-state index in [0.29, 0.717) is 5.92 Å². The summed E-state index contributed by atoms with van der Waals surface area (Å²) in [5.74, 6) is 0.672. The number of hydrogen-bond acceptors (Lipinski definition) is 1. The maximum Gasteiger partial charge on any atom is 0.0412 e. The first kappa shape index (κ1) is 10.4. The highest BCUT2D eigenvalue weighted by Crippen LogP contribution is 1.91. The number of unbranched alkanes of at least 4 members (excludes halogenated alkanes) is 1. The lowest BCUT2D eigenvalue weighted by atomic mass is 10.2. The largest absolute Gasteiger partial charge is 0.293 e. The molecule has 0 saturated carbocycles. The van der Waals surface area contributed by atoms with Gasteiger partial charge in [0.05, 0.1) is 0 Å². The van der Waals surface area contributed by atoms with Crippen LogP contribution in [0.4, 0.5) is 0 Å². The van der Waals surface area contributed by atoms with E-state index >= 15 is 0 Å². The van der Waals surface area contributed by atoms with Gasteiger partial charge < -0.3 is 0 Å². The summed E-state index contributed by atoms with van der Waals surface area (Å²) < 4.78 is 0. The van der Waals surface area contributed by atoms with Gasteiger partial charge in [0.1, 0.15) is 0 Å². The van der Waals surface area contributed by atoms with Gasteiger partial charge >= 0.3 is 0 Å². The van der Waals surface area contributed by atoms with Crippen molar-refractivity contribution in [3.8, 4) is 0 Å². The van der Waals surface area contributed by atoms with E-state index < -0.39 is 0 Å². The van der Waals surface area contributed by atoms with Crippen molar-refractivity contribution in [2.24, 2.45) is 10.9 Å². The third-order valence-electron chi connectivity index (χ3n) is 1.25. The third-order valence-corrected chi connectivity index (χ3v) is 1.25. The average molecular weight is 153 g/mol. The SMILES string of the molecule is CCC/C=C/C=NCC(C)C. The minimum absolute atomic E-state index is 0.672. The summed E-state index contributed by atoms with van der Waals surface area (Å²) in [5.41, 5.74) is 0. The predicted molar refractivity (Wildman–Crippen MR) is 52.2 cm³/mol. The molecule has 0 N–H and O–H groups in total. The average Bonchev–Trinajstić information content (AvgIpc) is 1.96. The molecule has 0 fully saturated rings. The van der Waals surface area contributed by atoms with Crippen LogP contribution in [0.2, 0.25) is 0 Å². The second-order valence-electron chi connectivity index (χ2n) is 3.12. The van der Waals surface area contributed by atoms with Crippen LogP contribution in [0.25, 0.3) is 0 Å². The molecule has 0 radical (unpaired) electrons. The molecule has 0 bridgehead atoms. The lowest BCUT2D eigenvalue weighted by molar-refractivity contribution is 0.667. The Hall–Kier alpha value is -0.590. The van der Waals surface area contributed by atoms with E-state index in [0.717, 1.165) is 13.0 Å². The first-order valence-electron chi connectivity index (χ1n) is 4.42. The Morgan fingerprint density at radius 3 is 2.64 bits per heavy atom. The molecular weight excluding hydrogens is 134 g/mol. The lowest BCUT2D eigenvalue weighted by Crippen LogP contribution is -1.90. The van der Waals surface area contributed by atoms with Crippen molar-refractivity contribution in [1.82, 2.24) is 0 Å². The highest BCUT2D eigenvalue weighted by molar-refractivity contribution is 5.70. The normalized spacial score (nSPS) is 12.4. The first-order valence-corrected chi connectivity index (χ1v) is 4.42. The van der Waals surface area contributed by atoms with Gasteiger partial charge in [0.15, 0.2) is 0 Å². The topological polar surface area (TPSA) is 12.4 Å². The van der Waals surface area contributed by atoms with Gasteiger partial charge in [0.25, 0.3) is 0 Å². The third kappa shape index (κ3) is 9.41. The number of rotatable bonds is 5. The van der Waals surface area contributed by atoms with E-state index in [4.69, 9.17) is 0 Å². The van der Waals surface area contributed by atoms with Crippen molar-refractivity contribution in [3.63, 3.8) is 0 Å². The van der Waals surface area contributed by atoms with Crippen molar-refractivity contribution in [1.29, 1.82) is 0 Å². The van der Waals surface area contributed by atoms with Crippen molar-refractivity contribution in [3.05, 3.63) is 12.2 Å². The summed E-state index contributed by atoms with van der Waals surface area (Å²) in [6, 6.07) is 0. The molecule has 0 saturated heterocycles. The van der Waals surface area contributed by atoms with Crippen molar-refractivity contribution < 1.29 is 0 Å². The number of aliphatic imine (C=N–C) groups is 1. The second-order valence-corrected chi connectivity index (χ2v) is 3.12. The predicted octanol–water partition coefficient (Wildman–Crippen LogP) is 3.07. The van der Waals surface area contributed by atoms with Crippen LogP contribution in [0.1, 0.15) is 33.6 Å². The molecule has 0 aliphatic rings. The summed E-state index contributed by atoms with van der Waals surface area (Å²) in [6.07, 6.45) is 8.47. The molecule has 11 heavy (non-hydrogen) atoms. The Bertz CT molecular complexity index is 123. The van der Waals surface area contributed by atoms with Gasteiger partial charge in [-0.25, -0.2) is 0 Å². The molecule has 0 atom stereocenters. The maximum atomic E-state index is 4.23. The van der Waals surface area contributed by atoms with Gasteiger partial charge in [0, 0.05) is 12.8 Å². The van der Waals surface area contributed by atoms with Crippen LogP contribution >= 0.6 is 0 Å². The monoisotopic (exact) mass is 153 g/mol. The van der Waals surface area contributed by atoms with Crippen molar-refractivity contribution in [2.45, 2.75) is 33.6 Å². The highest BCUT2D eigenvalue weighted by atomic mass is 14.7. The quantitative estimate of drug-likeness (QED) is 0.538. The molecule has 0 aliphatic carbocycles. The molecule has 1 heteroatoms. The van der Waals surface area contributed by atoms with Gasteiger partial charge in [-0.3, -0.25) is 4.99 Å². The summed E-state index contributed by atoms with van der Waals surface area (Å²) in [7, 11) is 0. The Morgan fingerprint density at radius 1 is 1.36 bits per heavy atom. The minimum Gasteiger partial charge on any atom is -0.293 e. The van der Waals surface area contributed by atoms with Crippen LogP contribution in [0.15, 0.2) is 17.1 Å². The van der Waals surface area contributed by atoms with Crippen LogP contribution < -0.4 is 0 Å². The van der Waals surface area contributed by atoms with Crippen LogP contribution in [0.3, 0.4) is 0 Å². The van der Waals surface area contributed by atoms with E-state index in [1.54, 1.807) is 0 Å². The fourth-order valence-electron chi connectivity index (χ4n) is 0.656. The molecule has 0 aliphatic heterocycles. The molecule has 0 aromatic heterocycles. The Balaban J connectivity index is 3.28. The molecule has 1 nitrogen and oxygen atoms in total. The van der Waals surface area contributed by atoms with Gasteiger partial charge in [-0.15, -0.1) is 0 Å². The number of hydrogen-bond donors (Lipinski definition) is 0. The summed E-state index contributed by atoms with van der Waals surface area (Å²) in [5, 5.41) is 0. The highest BCUT2D eigenvalue weighted by Gasteiger charge is 1.85. The summed E-state index contributed by atoms with van der Waals surface area (Å²) in [6.45, 7) is 7.46. The number of nitrogens with zero attached hydrogens (tertiary/aromatic N) is 1. The van der Waals surface area contributed by atoms with E-state index in [2.05, 4.69) is 31.8 Å². The van der Waals surface area contributed by atoms with Crippen LogP contribution in [0.5, 0.6) is 0 Å². The molecule has 0 spiro atoms. The molecule has 0 aromatic rings. The molecule has 0 rings (SSSR count). The van der Waals surface area contributed by atoms with Crippen molar-refractivity contribution in [2.75, 3.05) is 6.54 Å². The Kier molecular flexibility index (Phi) is 7.11. The molecule has 0 amide bonds. The maximum absolute atomic E-state index is 4.23. The van der Waals surface area contributed by atoms with E-state index in [-0.39, 0.29) is 0 Å². The van der Waals surface area contributed by atoms with Crippen LogP contribution in [-0.2, 0) is 0 Å². The molecule has 0 aromatic carbocycles. The number of allylic oxidation sites excluding steroid dienone is 2. The lowest BCUT2D eigenvalue weighted by Gasteiger charge is -1.94. The molecule has 0 unspecified atom stereocenters. The van der Waals surface area contributed by atoms with Gasteiger partial charge in [0.2, 0.25) is 0 Å². The minimum atomic E-state index is 0.672. The Morgan fingerprint density at radius 2 is 2.09 bits per heavy atom. The van der Waals surface area contributed by atoms with E-state index in [9.17, 15) is 0 Å². The molecular formula is C10H19N. The van der Waals surface area contributed by atoms with Crippen LogP contribution in [-0.4, -0.2) is 12.8 Å². The fraction of sp³-hybridized carbons (Fsp3) is 0.700. The van der Waals surface area contributed by atoms with Crippen LogP contribution in [0, 0.1) is 5.92 Å². The first-order chi connectivity index (χ1) is 5.27. The zero-order chi connectivity index (χ0) is 8.53. The zero-order valence-corrected chi connectivity index (χ0v) is 7.88. The Labute approximate surface area is 70.2 Å². The van der Waals surface area contributed by atoms with E-state index in [1.807, 2.05) is 12.3 Å². The van der Waals surface area contributed by atoms with Gasteiger partial charge in [-0.05, 0) is 18.4 Å². The van der Waals surface area contributed by atoms with Gasteiger partial charge in [-0.1, -0.05) is 33.3 Å².